The Morgan fingerprint density at radius 3 is 2.53 bits per heavy atom. The molecular weight excluding hydrogens is 414 g/mol. The van der Waals surface area contributed by atoms with E-state index in [1.165, 1.54) is 16.5 Å². The van der Waals surface area contributed by atoms with E-state index < -0.39 is 0 Å². The fraction of sp³-hybridized carbons (Fsp3) is 0.250. The Kier molecular flexibility index (Phi) is 4.31. The highest BCUT2D eigenvalue weighted by Gasteiger charge is 2.54. The number of aromatic nitrogens is 1. The van der Waals surface area contributed by atoms with Crippen molar-refractivity contribution < 1.29 is 9.53 Å². The van der Waals surface area contributed by atoms with Gasteiger partial charge in [-0.25, -0.2) is 0 Å². The number of nitrogens with zero attached hydrogens (tertiary/aromatic N) is 1. The highest BCUT2D eigenvalue weighted by molar-refractivity contribution is 8.00. The van der Waals surface area contributed by atoms with Crippen molar-refractivity contribution in [2.75, 3.05) is 7.11 Å². The van der Waals surface area contributed by atoms with E-state index in [-0.39, 0.29) is 22.4 Å². The Labute approximate surface area is 192 Å². The minimum Gasteiger partial charge on any atom is -0.497 e. The summed E-state index contributed by atoms with van der Waals surface area (Å²) in [6, 6.07) is 25.1. The zero-order chi connectivity index (χ0) is 22.0. The van der Waals surface area contributed by atoms with Crippen LogP contribution in [0.2, 0.25) is 0 Å². The molecule has 4 aromatic rings. The molecule has 1 aliphatic heterocycles. The van der Waals surface area contributed by atoms with E-state index >= 15 is 0 Å². The average molecular weight is 440 g/mol. The summed E-state index contributed by atoms with van der Waals surface area (Å²) in [5.41, 5.74) is 5.61. The zero-order valence-corrected chi connectivity index (χ0v) is 19.3. The summed E-state index contributed by atoms with van der Waals surface area (Å²) in [4.78, 5) is 15.3. The lowest BCUT2D eigenvalue weighted by Crippen LogP contribution is -2.33. The quantitative estimate of drug-likeness (QED) is 0.358. The number of rotatable bonds is 3. The first-order valence-corrected chi connectivity index (χ1v) is 11.9. The molecule has 0 bridgehead atoms. The Bertz CT molecular complexity index is 1370. The lowest BCUT2D eigenvalue weighted by Gasteiger charge is -2.41. The number of Topliss-reactive ketones (excluding diaryl/α,β-unsaturated/α-hetero) is 1. The molecule has 2 atom stereocenters. The lowest BCUT2D eigenvalue weighted by atomic mass is 9.77. The van der Waals surface area contributed by atoms with Crippen LogP contribution in [-0.4, -0.2) is 22.2 Å². The first-order valence-electron chi connectivity index (χ1n) is 11.1. The van der Waals surface area contributed by atoms with Gasteiger partial charge in [-0.1, -0.05) is 54.6 Å². The van der Waals surface area contributed by atoms with Crippen LogP contribution in [0, 0.1) is 0 Å². The number of carbonyl (C=O) groups excluding carboxylic acids is 1. The second kappa shape index (κ2) is 7.01. The van der Waals surface area contributed by atoms with Crippen molar-refractivity contribution in [3.63, 3.8) is 0 Å². The summed E-state index contributed by atoms with van der Waals surface area (Å²) >= 11 is 1.87. The molecule has 0 radical (unpaired) electrons. The van der Waals surface area contributed by atoms with Crippen molar-refractivity contribution in [1.29, 1.82) is 0 Å². The minimum atomic E-state index is -0.149. The van der Waals surface area contributed by atoms with E-state index in [0.717, 1.165) is 27.4 Å². The first kappa shape index (κ1) is 19.7. The van der Waals surface area contributed by atoms with Crippen molar-refractivity contribution in [2.45, 2.75) is 41.9 Å². The Morgan fingerprint density at radius 2 is 1.75 bits per heavy atom. The van der Waals surface area contributed by atoms with Gasteiger partial charge in [0, 0.05) is 33.0 Å². The molecule has 32 heavy (non-hydrogen) atoms. The molecule has 4 heteroatoms. The van der Waals surface area contributed by atoms with E-state index in [1.54, 1.807) is 7.11 Å². The van der Waals surface area contributed by atoms with Gasteiger partial charge in [0.1, 0.15) is 5.75 Å². The van der Waals surface area contributed by atoms with Gasteiger partial charge in [0.15, 0.2) is 5.78 Å². The molecule has 2 aliphatic rings. The summed E-state index contributed by atoms with van der Waals surface area (Å²) in [6.45, 7) is 5.26. The van der Waals surface area contributed by atoms with Gasteiger partial charge in [0.25, 0.3) is 0 Å². The van der Waals surface area contributed by atoms with Crippen molar-refractivity contribution in [2.24, 2.45) is 0 Å². The van der Waals surface area contributed by atoms with Gasteiger partial charge >= 0.3 is 0 Å². The fourth-order valence-corrected chi connectivity index (χ4v) is 7.15. The van der Waals surface area contributed by atoms with Crippen LogP contribution in [-0.2, 0) is 6.54 Å². The summed E-state index contributed by atoms with van der Waals surface area (Å²) in [5.74, 6) is 1.08. The molecule has 0 saturated carbocycles. The normalized spacial score (nSPS) is 20.7. The maximum absolute atomic E-state index is 14.2. The van der Waals surface area contributed by atoms with Gasteiger partial charge in [-0.15, -0.1) is 11.8 Å². The predicted octanol–water partition coefficient (Wildman–Crippen LogP) is 6.65. The molecule has 1 aliphatic carbocycles. The molecular formula is C28H25NO2S. The smallest absolute Gasteiger partial charge is 0.187 e. The average Bonchev–Trinajstić information content (AvgIpc) is 3.28. The van der Waals surface area contributed by atoms with Crippen LogP contribution in [0.25, 0.3) is 10.9 Å². The van der Waals surface area contributed by atoms with Crippen molar-refractivity contribution >= 4 is 28.4 Å². The number of ether oxygens (including phenoxy) is 1. The van der Waals surface area contributed by atoms with Crippen molar-refractivity contribution in [1.82, 2.24) is 4.57 Å². The highest BCUT2D eigenvalue weighted by Crippen LogP contribution is 2.62. The number of fused-ring (bicyclic) bond motifs is 7. The van der Waals surface area contributed by atoms with E-state index in [9.17, 15) is 4.79 Å². The molecule has 0 unspecified atom stereocenters. The van der Waals surface area contributed by atoms with Crippen LogP contribution in [0.3, 0.4) is 0 Å². The molecule has 0 fully saturated rings. The summed E-state index contributed by atoms with van der Waals surface area (Å²) in [5, 5.41) is 1.21. The Hall–Kier alpha value is -2.98. The third kappa shape index (κ3) is 2.72. The second-order valence-corrected chi connectivity index (χ2v) is 11.0. The topological polar surface area (TPSA) is 31.2 Å². The Balaban J connectivity index is 1.60. The van der Waals surface area contributed by atoms with Gasteiger partial charge in [0.05, 0.1) is 18.7 Å². The zero-order valence-electron chi connectivity index (χ0n) is 18.5. The summed E-state index contributed by atoms with van der Waals surface area (Å²) in [6.07, 6.45) is 0. The molecule has 2 heterocycles. The third-order valence-corrected chi connectivity index (χ3v) is 8.39. The molecule has 6 rings (SSSR count). The number of hydrogen-bond donors (Lipinski definition) is 0. The van der Waals surface area contributed by atoms with Crippen LogP contribution in [0.1, 0.15) is 52.9 Å². The maximum Gasteiger partial charge on any atom is 0.187 e. The van der Waals surface area contributed by atoms with Crippen LogP contribution in [0.15, 0.2) is 77.7 Å². The number of ketones is 1. The van der Waals surface area contributed by atoms with Crippen LogP contribution >= 0.6 is 11.8 Å². The standard InChI is InChI=1S/C28H25NO2S/c1-28(2)25-23-19-11-7-8-12-21(19)29(16-17-9-5-4-6-10-17)26(23)27(30)24(25)20-14-13-18(31-3)15-22(20)32-28/h4-15,24-25H,16H2,1-3H3/t24-,25-/m0/s1. The monoisotopic (exact) mass is 439 g/mol. The molecule has 0 amide bonds. The fourth-order valence-electron chi connectivity index (χ4n) is 5.71. The van der Waals surface area contributed by atoms with Gasteiger partial charge in [0.2, 0.25) is 0 Å². The van der Waals surface area contributed by atoms with Gasteiger partial charge < -0.3 is 9.30 Å². The first-order chi connectivity index (χ1) is 15.5. The lowest BCUT2D eigenvalue weighted by molar-refractivity contribution is 0.0950. The van der Waals surface area contributed by atoms with Gasteiger partial charge in [-0.2, -0.15) is 0 Å². The van der Waals surface area contributed by atoms with E-state index in [4.69, 9.17) is 4.74 Å². The molecule has 1 aromatic heterocycles. The van der Waals surface area contributed by atoms with Crippen molar-refractivity contribution in [3.8, 4) is 5.75 Å². The second-order valence-electron chi connectivity index (χ2n) is 9.28. The van der Waals surface area contributed by atoms with Crippen LogP contribution in [0.5, 0.6) is 5.75 Å². The maximum atomic E-state index is 14.2. The van der Waals surface area contributed by atoms with Crippen LogP contribution < -0.4 is 4.74 Å². The van der Waals surface area contributed by atoms with Crippen LogP contribution in [0.4, 0.5) is 0 Å². The largest absolute Gasteiger partial charge is 0.497 e. The highest BCUT2D eigenvalue weighted by atomic mass is 32.2. The molecule has 160 valence electrons. The number of benzene rings is 3. The van der Waals surface area contributed by atoms with E-state index in [0.29, 0.717) is 6.54 Å². The number of carbonyl (C=O) groups is 1. The molecule has 0 spiro atoms. The number of thioether (sulfide) groups is 1. The van der Waals surface area contributed by atoms with Crippen molar-refractivity contribution in [3.05, 3.63) is 95.2 Å². The number of para-hydroxylation sites is 1. The molecule has 3 aromatic carbocycles. The van der Waals surface area contributed by atoms with E-state index in [1.807, 2.05) is 23.9 Å². The minimum absolute atomic E-state index is 0.118. The number of methoxy groups -OCH3 is 1. The summed E-state index contributed by atoms with van der Waals surface area (Å²) in [7, 11) is 1.69. The predicted molar refractivity (Wildman–Crippen MR) is 130 cm³/mol. The molecule has 0 N–H and O–H groups in total. The van der Waals surface area contributed by atoms with E-state index in [2.05, 4.69) is 79.1 Å². The third-order valence-electron chi connectivity index (χ3n) is 7.03. The van der Waals surface area contributed by atoms with Gasteiger partial charge in [-0.3, -0.25) is 4.79 Å². The summed E-state index contributed by atoms with van der Waals surface area (Å²) < 4.78 is 7.61. The molecule has 3 nitrogen and oxygen atoms in total. The SMILES string of the molecule is COc1ccc2c(c1)SC(C)(C)[C@H]1c3c(n(Cc4ccccc4)c4ccccc34)C(=O)[C@@H]21. The molecule has 0 saturated heterocycles. The number of hydrogen-bond acceptors (Lipinski definition) is 3. The Morgan fingerprint density at radius 1 is 1.00 bits per heavy atom. The van der Waals surface area contributed by atoms with Gasteiger partial charge in [-0.05, 0) is 48.7 Å².